The average Bonchev–Trinajstić information content (AvgIpc) is 2.29. The Labute approximate surface area is 96.8 Å². The molecule has 3 heteroatoms. The van der Waals surface area contributed by atoms with Gasteiger partial charge in [-0.25, -0.2) is 0 Å². The summed E-state index contributed by atoms with van der Waals surface area (Å²) in [6.07, 6.45) is 0. The van der Waals surface area contributed by atoms with Crippen LogP contribution in [0.25, 0.3) is 0 Å². The van der Waals surface area contributed by atoms with Gasteiger partial charge in [-0.15, -0.1) is 0 Å². The fraction of sp³-hybridized carbons (Fsp3) is 0.462. The number of hydrogen-bond acceptors (Lipinski definition) is 3. The van der Waals surface area contributed by atoms with E-state index in [2.05, 4.69) is 5.32 Å². The second-order valence-electron chi connectivity index (χ2n) is 4.34. The van der Waals surface area contributed by atoms with Crippen molar-refractivity contribution in [1.29, 1.82) is 0 Å². The molecule has 0 unspecified atom stereocenters. The SMILES string of the molecule is CNCc1ccc(C(C)(C)C(=O)OC)cc1. The minimum absolute atomic E-state index is 0.214. The first-order chi connectivity index (χ1) is 7.52. The number of ether oxygens (including phenoxy) is 1. The molecule has 1 rings (SSSR count). The average molecular weight is 221 g/mol. The van der Waals surface area contributed by atoms with Crippen molar-refractivity contribution in [3.63, 3.8) is 0 Å². The van der Waals surface area contributed by atoms with Gasteiger partial charge in [0.05, 0.1) is 12.5 Å². The standard InChI is InChI=1S/C13H19NO2/c1-13(2,12(15)16-4)11-7-5-10(6-8-11)9-14-3/h5-8,14H,9H2,1-4H3. The second-order valence-corrected chi connectivity index (χ2v) is 4.34. The largest absolute Gasteiger partial charge is 0.468 e. The van der Waals surface area contributed by atoms with Crippen molar-refractivity contribution in [3.05, 3.63) is 35.4 Å². The van der Waals surface area contributed by atoms with Crippen LogP contribution in [0, 0.1) is 0 Å². The molecule has 1 aromatic rings. The quantitative estimate of drug-likeness (QED) is 0.789. The molecule has 0 saturated carbocycles. The van der Waals surface area contributed by atoms with Crippen molar-refractivity contribution in [3.8, 4) is 0 Å². The summed E-state index contributed by atoms with van der Waals surface area (Å²) >= 11 is 0. The Morgan fingerprint density at radius 1 is 1.31 bits per heavy atom. The summed E-state index contributed by atoms with van der Waals surface area (Å²) < 4.78 is 4.80. The van der Waals surface area contributed by atoms with Gasteiger partial charge in [-0.3, -0.25) is 4.79 Å². The third kappa shape index (κ3) is 2.61. The minimum atomic E-state index is -0.590. The highest BCUT2D eigenvalue weighted by Crippen LogP contribution is 2.24. The molecule has 0 aliphatic heterocycles. The minimum Gasteiger partial charge on any atom is -0.468 e. The van der Waals surface area contributed by atoms with Gasteiger partial charge >= 0.3 is 5.97 Å². The summed E-state index contributed by atoms with van der Waals surface area (Å²) in [6.45, 7) is 4.57. The van der Waals surface area contributed by atoms with Crippen molar-refractivity contribution in [2.45, 2.75) is 25.8 Å². The molecule has 16 heavy (non-hydrogen) atoms. The maximum absolute atomic E-state index is 11.6. The van der Waals surface area contributed by atoms with Gasteiger partial charge in [0.1, 0.15) is 0 Å². The smallest absolute Gasteiger partial charge is 0.315 e. The number of carbonyl (C=O) groups is 1. The molecule has 0 radical (unpaired) electrons. The molecule has 0 atom stereocenters. The molecular weight excluding hydrogens is 202 g/mol. The van der Waals surface area contributed by atoms with E-state index in [0.717, 1.165) is 12.1 Å². The van der Waals surface area contributed by atoms with Gasteiger partial charge in [-0.05, 0) is 32.0 Å². The number of hydrogen-bond donors (Lipinski definition) is 1. The van der Waals surface area contributed by atoms with Crippen LogP contribution in [0.1, 0.15) is 25.0 Å². The van der Waals surface area contributed by atoms with E-state index in [9.17, 15) is 4.79 Å². The zero-order chi connectivity index (χ0) is 12.2. The zero-order valence-corrected chi connectivity index (χ0v) is 10.3. The van der Waals surface area contributed by atoms with Gasteiger partial charge in [-0.1, -0.05) is 24.3 Å². The summed E-state index contributed by atoms with van der Waals surface area (Å²) in [5.41, 5.74) is 1.58. The second kappa shape index (κ2) is 5.12. The molecule has 3 nitrogen and oxygen atoms in total. The van der Waals surface area contributed by atoms with Crippen LogP contribution in [0.5, 0.6) is 0 Å². The number of rotatable bonds is 4. The van der Waals surface area contributed by atoms with Crippen LogP contribution in [0.4, 0.5) is 0 Å². The van der Waals surface area contributed by atoms with Crippen molar-refractivity contribution in [2.75, 3.05) is 14.2 Å². The van der Waals surface area contributed by atoms with Crippen LogP contribution in [0.15, 0.2) is 24.3 Å². The first-order valence-electron chi connectivity index (χ1n) is 5.34. The highest BCUT2D eigenvalue weighted by Gasteiger charge is 2.30. The Morgan fingerprint density at radius 2 is 1.88 bits per heavy atom. The Morgan fingerprint density at radius 3 is 2.31 bits per heavy atom. The van der Waals surface area contributed by atoms with E-state index in [1.165, 1.54) is 12.7 Å². The van der Waals surface area contributed by atoms with Crippen LogP contribution in [-0.2, 0) is 21.5 Å². The molecule has 0 heterocycles. The van der Waals surface area contributed by atoms with Gasteiger partial charge in [0.15, 0.2) is 0 Å². The summed E-state index contributed by atoms with van der Waals surface area (Å²) in [7, 11) is 3.33. The van der Waals surface area contributed by atoms with Gasteiger partial charge in [0.25, 0.3) is 0 Å². The van der Waals surface area contributed by atoms with Gasteiger partial charge < -0.3 is 10.1 Å². The van der Waals surface area contributed by atoms with Crippen LogP contribution in [-0.4, -0.2) is 20.1 Å². The third-order valence-corrected chi connectivity index (χ3v) is 2.75. The Balaban J connectivity index is 2.92. The fourth-order valence-corrected chi connectivity index (χ4v) is 1.62. The normalized spacial score (nSPS) is 11.2. The highest BCUT2D eigenvalue weighted by atomic mass is 16.5. The van der Waals surface area contributed by atoms with Crippen molar-refractivity contribution < 1.29 is 9.53 Å². The number of esters is 1. The maximum Gasteiger partial charge on any atom is 0.315 e. The molecule has 0 aliphatic carbocycles. The van der Waals surface area contributed by atoms with Crippen molar-refractivity contribution in [1.82, 2.24) is 5.32 Å². The molecule has 0 saturated heterocycles. The molecular formula is C13H19NO2. The lowest BCUT2D eigenvalue weighted by Gasteiger charge is -2.22. The first kappa shape index (κ1) is 12.7. The zero-order valence-electron chi connectivity index (χ0n) is 10.3. The monoisotopic (exact) mass is 221 g/mol. The number of benzene rings is 1. The van der Waals surface area contributed by atoms with Crippen molar-refractivity contribution in [2.24, 2.45) is 0 Å². The van der Waals surface area contributed by atoms with E-state index < -0.39 is 5.41 Å². The predicted molar refractivity (Wildman–Crippen MR) is 64.2 cm³/mol. The summed E-state index contributed by atoms with van der Waals surface area (Å²) in [5, 5.41) is 3.08. The first-order valence-corrected chi connectivity index (χ1v) is 5.34. The lowest BCUT2D eigenvalue weighted by molar-refractivity contribution is -0.146. The topological polar surface area (TPSA) is 38.3 Å². The number of methoxy groups -OCH3 is 1. The molecule has 0 aromatic heterocycles. The summed E-state index contributed by atoms with van der Waals surface area (Å²) in [5.74, 6) is -0.214. The summed E-state index contributed by atoms with van der Waals surface area (Å²) in [6, 6.07) is 8.00. The molecule has 0 fully saturated rings. The van der Waals surface area contributed by atoms with E-state index in [0.29, 0.717) is 0 Å². The fourth-order valence-electron chi connectivity index (χ4n) is 1.62. The molecule has 0 spiro atoms. The van der Waals surface area contributed by atoms with Crippen molar-refractivity contribution >= 4 is 5.97 Å². The lowest BCUT2D eigenvalue weighted by atomic mass is 9.84. The van der Waals surface area contributed by atoms with Crippen LogP contribution in [0.3, 0.4) is 0 Å². The Kier molecular flexibility index (Phi) is 4.07. The number of carbonyl (C=O) groups excluding carboxylic acids is 1. The highest BCUT2D eigenvalue weighted by molar-refractivity contribution is 5.82. The van der Waals surface area contributed by atoms with Crippen LogP contribution < -0.4 is 5.32 Å². The van der Waals surface area contributed by atoms with Crippen LogP contribution in [0.2, 0.25) is 0 Å². The van der Waals surface area contributed by atoms with E-state index in [1.807, 2.05) is 45.2 Å². The van der Waals surface area contributed by atoms with Crippen LogP contribution >= 0.6 is 0 Å². The molecule has 88 valence electrons. The molecule has 0 amide bonds. The van der Waals surface area contributed by atoms with Gasteiger partial charge in [-0.2, -0.15) is 0 Å². The molecule has 0 bridgehead atoms. The molecule has 1 aromatic carbocycles. The van der Waals surface area contributed by atoms with E-state index >= 15 is 0 Å². The van der Waals surface area contributed by atoms with Gasteiger partial charge in [0.2, 0.25) is 0 Å². The molecule has 1 N–H and O–H groups in total. The van der Waals surface area contributed by atoms with E-state index in [4.69, 9.17) is 4.74 Å². The van der Waals surface area contributed by atoms with E-state index in [1.54, 1.807) is 0 Å². The molecule has 0 aliphatic rings. The third-order valence-electron chi connectivity index (χ3n) is 2.75. The lowest BCUT2D eigenvalue weighted by Crippen LogP contribution is -2.30. The maximum atomic E-state index is 11.6. The Hall–Kier alpha value is -1.35. The summed E-state index contributed by atoms with van der Waals surface area (Å²) in [4.78, 5) is 11.6. The Bertz CT molecular complexity index is 355. The predicted octanol–water partition coefficient (Wildman–Crippen LogP) is 1.86. The number of nitrogens with one attached hydrogen (secondary N) is 1. The van der Waals surface area contributed by atoms with E-state index in [-0.39, 0.29) is 5.97 Å². The van der Waals surface area contributed by atoms with Gasteiger partial charge in [0, 0.05) is 6.54 Å².